The molecule has 1 aliphatic rings. The molecule has 1 aromatic rings. The number of nitrogens with two attached hydrogens (primary N) is 1. The highest BCUT2D eigenvalue weighted by molar-refractivity contribution is 5.25. The first-order chi connectivity index (χ1) is 9.96. The van der Waals surface area contributed by atoms with E-state index in [1.807, 2.05) is 0 Å². The minimum atomic E-state index is 0.349. The van der Waals surface area contributed by atoms with Crippen molar-refractivity contribution in [3.63, 3.8) is 0 Å². The molecule has 1 atom stereocenters. The van der Waals surface area contributed by atoms with Crippen LogP contribution in [0.1, 0.15) is 63.6 Å². The molecule has 0 aromatic heterocycles. The topological polar surface area (TPSA) is 29.3 Å². The Morgan fingerprint density at radius 1 is 1.19 bits per heavy atom. The number of likely N-dealkylation sites (N-methyl/N-ethyl adjacent to an activating group) is 1. The maximum absolute atomic E-state index is 6.09. The number of nitrogens with zero attached hydrogens (tertiary/aromatic N) is 1. The van der Waals surface area contributed by atoms with Crippen molar-refractivity contribution in [3.05, 3.63) is 35.4 Å². The molecule has 0 heterocycles. The van der Waals surface area contributed by atoms with Crippen LogP contribution in [0.4, 0.5) is 0 Å². The molecule has 2 N–H and O–H groups in total. The Balaban J connectivity index is 2.05. The predicted octanol–water partition coefficient (Wildman–Crippen LogP) is 4.15. The number of benzene rings is 1. The van der Waals surface area contributed by atoms with E-state index in [2.05, 4.69) is 57.0 Å². The molecule has 0 bridgehead atoms. The van der Waals surface area contributed by atoms with Crippen molar-refractivity contribution in [3.8, 4) is 0 Å². The standard InChI is InChI=1S/C19H32N2/c1-5-15-6-8-16(9-7-15)18(14-20)21(4)17-10-12-19(2,3)13-11-17/h6-9,17-18H,5,10-14,20H2,1-4H3. The summed E-state index contributed by atoms with van der Waals surface area (Å²) in [7, 11) is 2.26. The lowest BCUT2D eigenvalue weighted by atomic mass is 9.75. The van der Waals surface area contributed by atoms with Crippen molar-refractivity contribution in [2.75, 3.05) is 13.6 Å². The number of hydrogen-bond donors (Lipinski definition) is 1. The molecule has 0 spiro atoms. The van der Waals surface area contributed by atoms with Crippen molar-refractivity contribution in [1.29, 1.82) is 0 Å². The molecule has 2 heteroatoms. The summed E-state index contributed by atoms with van der Waals surface area (Å²) in [6, 6.07) is 10.0. The fraction of sp³-hybridized carbons (Fsp3) is 0.684. The van der Waals surface area contributed by atoms with Crippen molar-refractivity contribution in [1.82, 2.24) is 4.90 Å². The Morgan fingerprint density at radius 3 is 2.24 bits per heavy atom. The van der Waals surface area contributed by atoms with E-state index >= 15 is 0 Å². The SMILES string of the molecule is CCc1ccc(C(CN)N(C)C2CCC(C)(C)CC2)cc1. The summed E-state index contributed by atoms with van der Waals surface area (Å²) < 4.78 is 0. The van der Waals surface area contributed by atoms with Crippen molar-refractivity contribution in [2.45, 2.75) is 65.0 Å². The monoisotopic (exact) mass is 288 g/mol. The Bertz CT molecular complexity index is 425. The van der Waals surface area contributed by atoms with Gasteiger partial charge in [0, 0.05) is 18.6 Å². The first kappa shape index (κ1) is 16.5. The Labute approximate surface area is 130 Å². The smallest absolute Gasteiger partial charge is 0.0470 e. The molecule has 1 aromatic carbocycles. The van der Waals surface area contributed by atoms with E-state index in [0.717, 1.165) is 6.42 Å². The van der Waals surface area contributed by atoms with Crippen LogP contribution in [0.15, 0.2) is 24.3 Å². The maximum Gasteiger partial charge on any atom is 0.0470 e. The van der Waals surface area contributed by atoms with Gasteiger partial charge < -0.3 is 5.73 Å². The van der Waals surface area contributed by atoms with Gasteiger partial charge in [-0.05, 0) is 55.7 Å². The zero-order chi connectivity index (χ0) is 15.5. The first-order valence-corrected chi connectivity index (χ1v) is 8.47. The molecule has 1 fully saturated rings. The highest BCUT2D eigenvalue weighted by Gasteiger charge is 2.31. The van der Waals surface area contributed by atoms with Gasteiger partial charge in [0.25, 0.3) is 0 Å². The second-order valence-corrected chi connectivity index (χ2v) is 7.41. The average Bonchev–Trinajstić information content (AvgIpc) is 2.48. The largest absolute Gasteiger partial charge is 0.329 e. The lowest BCUT2D eigenvalue weighted by Gasteiger charge is -2.41. The van der Waals surface area contributed by atoms with Crippen LogP contribution in [0.5, 0.6) is 0 Å². The molecule has 0 aliphatic heterocycles. The van der Waals surface area contributed by atoms with E-state index in [0.29, 0.717) is 24.0 Å². The Morgan fingerprint density at radius 2 is 1.76 bits per heavy atom. The van der Waals surface area contributed by atoms with E-state index in [-0.39, 0.29) is 0 Å². The molecular formula is C19H32N2. The summed E-state index contributed by atoms with van der Waals surface area (Å²) in [5.74, 6) is 0. The van der Waals surface area contributed by atoms with Crippen molar-refractivity contribution in [2.24, 2.45) is 11.1 Å². The van der Waals surface area contributed by atoms with Crippen LogP contribution < -0.4 is 5.73 Å². The van der Waals surface area contributed by atoms with E-state index < -0.39 is 0 Å². The minimum Gasteiger partial charge on any atom is -0.329 e. The van der Waals surface area contributed by atoms with Gasteiger partial charge in [0.1, 0.15) is 0 Å². The van der Waals surface area contributed by atoms with Crippen LogP contribution in [-0.2, 0) is 6.42 Å². The molecule has 1 aliphatic carbocycles. The van der Waals surface area contributed by atoms with Crippen molar-refractivity contribution >= 4 is 0 Å². The molecule has 0 radical (unpaired) electrons. The zero-order valence-electron chi connectivity index (χ0n) is 14.2. The van der Waals surface area contributed by atoms with Gasteiger partial charge >= 0.3 is 0 Å². The normalized spacial score (nSPS) is 20.7. The van der Waals surface area contributed by atoms with Gasteiger partial charge in [0.15, 0.2) is 0 Å². The Hall–Kier alpha value is -0.860. The number of aryl methyl sites for hydroxylation is 1. The minimum absolute atomic E-state index is 0.349. The van der Waals surface area contributed by atoms with Gasteiger partial charge in [-0.1, -0.05) is 45.0 Å². The van der Waals surface area contributed by atoms with Gasteiger partial charge in [-0.15, -0.1) is 0 Å². The van der Waals surface area contributed by atoms with E-state index in [4.69, 9.17) is 5.73 Å². The molecular weight excluding hydrogens is 256 g/mol. The molecule has 118 valence electrons. The molecule has 0 saturated heterocycles. The number of rotatable bonds is 5. The third-order valence-electron chi connectivity index (χ3n) is 5.37. The maximum atomic E-state index is 6.09. The average molecular weight is 288 g/mol. The van der Waals surface area contributed by atoms with E-state index in [1.165, 1.54) is 36.8 Å². The summed E-state index contributed by atoms with van der Waals surface area (Å²) in [4.78, 5) is 2.52. The van der Waals surface area contributed by atoms with E-state index in [1.54, 1.807) is 0 Å². The predicted molar refractivity (Wildman–Crippen MR) is 91.4 cm³/mol. The van der Waals surface area contributed by atoms with Crippen LogP contribution in [0.2, 0.25) is 0 Å². The van der Waals surface area contributed by atoms with Gasteiger partial charge in [0.05, 0.1) is 0 Å². The summed E-state index contributed by atoms with van der Waals surface area (Å²) in [5.41, 5.74) is 9.38. The zero-order valence-corrected chi connectivity index (χ0v) is 14.2. The summed E-state index contributed by atoms with van der Waals surface area (Å²) in [6.45, 7) is 7.69. The highest BCUT2D eigenvalue weighted by atomic mass is 15.2. The van der Waals surface area contributed by atoms with Crippen LogP contribution in [0.3, 0.4) is 0 Å². The second-order valence-electron chi connectivity index (χ2n) is 7.41. The van der Waals surface area contributed by atoms with Gasteiger partial charge in [-0.3, -0.25) is 4.90 Å². The van der Waals surface area contributed by atoms with E-state index in [9.17, 15) is 0 Å². The number of hydrogen-bond acceptors (Lipinski definition) is 2. The van der Waals surface area contributed by atoms with Crippen LogP contribution in [-0.4, -0.2) is 24.5 Å². The second kappa shape index (κ2) is 6.93. The summed E-state index contributed by atoms with van der Waals surface area (Å²) in [6.07, 6.45) is 6.35. The van der Waals surface area contributed by atoms with Crippen LogP contribution in [0.25, 0.3) is 0 Å². The van der Waals surface area contributed by atoms with Gasteiger partial charge in [-0.25, -0.2) is 0 Å². The fourth-order valence-electron chi connectivity index (χ4n) is 3.56. The van der Waals surface area contributed by atoms with Gasteiger partial charge in [0.2, 0.25) is 0 Å². The fourth-order valence-corrected chi connectivity index (χ4v) is 3.56. The highest BCUT2D eigenvalue weighted by Crippen LogP contribution is 2.38. The lowest BCUT2D eigenvalue weighted by molar-refractivity contribution is 0.0966. The third-order valence-corrected chi connectivity index (χ3v) is 5.37. The molecule has 0 amide bonds. The molecule has 1 unspecified atom stereocenters. The molecule has 1 saturated carbocycles. The molecule has 2 nitrogen and oxygen atoms in total. The summed E-state index contributed by atoms with van der Waals surface area (Å²) in [5, 5.41) is 0. The van der Waals surface area contributed by atoms with Crippen LogP contribution in [0, 0.1) is 5.41 Å². The Kier molecular flexibility index (Phi) is 5.45. The summed E-state index contributed by atoms with van der Waals surface area (Å²) >= 11 is 0. The van der Waals surface area contributed by atoms with Crippen LogP contribution >= 0.6 is 0 Å². The van der Waals surface area contributed by atoms with Crippen molar-refractivity contribution < 1.29 is 0 Å². The quantitative estimate of drug-likeness (QED) is 0.882. The third kappa shape index (κ3) is 4.08. The molecule has 21 heavy (non-hydrogen) atoms. The lowest BCUT2D eigenvalue weighted by Crippen LogP contribution is -2.41. The van der Waals surface area contributed by atoms with Gasteiger partial charge in [-0.2, -0.15) is 0 Å². The molecule has 2 rings (SSSR count). The first-order valence-electron chi connectivity index (χ1n) is 8.47.